The fourth-order valence-electron chi connectivity index (χ4n) is 10.2. The third kappa shape index (κ3) is 9.38. The smallest absolute Gasteiger partial charge is 0.137 e. The van der Waals surface area contributed by atoms with E-state index in [4.69, 9.17) is 4.98 Å². The molecule has 368 valence electrons. The van der Waals surface area contributed by atoms with E-state index in [2.05, 4.69) is 277 Å². The van der Waals surface area contributed by atoms with E-state index in [-0.39, 0.29) is 32.5 Å². The summed E-state index contributed by atoms with van der Waals surface area (Å²) in [6.07, 6.45) is 2.01. The minimum Gasteiger partial charge on any atom is -0.344 e. The van der Waals surface area contributed by atoms with E-state index in [1.807, 2.05) is 6.20 Å². The van der Waals surface area contributed by atoms with Crippen LogP contribution in [0.3, 0.4) is 0 Å². The largest absolute Gasteiger partial charge is 0.344 e. The van der Waals surface area contributed by atoms with Crippen LogP contribution in [-0.4, -0.2) is 23.3 Å². The van der Waals surface area contributed by atoms with Gasteiger partial charge in [-0.1, -0.05) is 172 Å². The van der Waals surface area contributed by atoms with Crippen molar-refractivity contribution in [3.8, 4) is 5.82 Å². The SMILES string of the molecule is CN(c1cccc(N2CN(c3cc(C(C)(C)C)cc(C(C)(C)C)c3)c3ccccc32)c1)c1ccc2c3cc(C(C)(C)C)ccc3n(-c3cc(C(C)(C)c4cc(C(C)(C)C)cc(C(C)(C)C)c4)ccn3)c2c1. The van der Waals surface area contributed by atoms with Crippen LogP contribution in [0, 0.1) is 0 Å². The van der Waals surface area contributed by atoms with Crippen molar-refractivity contribution in [1.82, 2.24) is 9.55 Å². The highest BCUT2D eigenvalue weighted by Gasteiger charge is 2.32. The summed E-state index contributed by atoms with van der Waals surface area (Å²) in [5, 5.41) is 2.46. The van der Waals surface area contributed by atoms with Gasteiger partial charge < -0.3 is 14.7 Å². The van der Waals surface area contributed by atoms with Crippen molar-refractivity contribution in [2.45, 2.75) is 150 Å². The Morgan fingerprint density at radius 1 is 0.394 bits per heavy atom. The maximum Gasteiger partial charge on any atom is 0.137 e. The van der Waals surface area contributed by atoms with Crippen molar-refractivity contribution >= 4 is 55.9 Å². The molecule has 1 aliphatic rings. The zero-order valence-electron chi connectivity index (χ0n) is 46.2. The summed E-state index contributed by atoms with van der Waals surface area (Å²) < 4.78 is 2.39. The van der Waals surface area contributed by atoms with Gasteiger partial charge in [-0.25, -0.2) is 4.98 Å². The van der Waals surface area contributed by atoms with E-state index >= 15 is 0 Å². The van der Waals surface area contributed by atoms with Crippen LogP contribution in [0.4, 0.5) is 34.1 Å². The van der Waals surface area contributed by atoms with Crippen LogP contribution in [-0.2, 0) is 32.5 Å². The molecule has 9 rings (SSSR count). The molecule has 0 N–H and O–H groups in total. The molecular formula is C66H79N5. The van der Waals surface area contributed by atoms with Gasteiger partial charge in [0.1, 0.15) is 12.5 Å². The zero-order chi connectivity index (χ0) is 51.4. The van der Waals surface area contributed by atoms with E-state index in [0.717, 1.165) is 40.6 Å². The molecule has 0 radical (unpaired) electrons. The lowest BCUT2D eigenvalue weighted by Gasteiger charge is -2.32. The van der Waals surface area contributed by atoms with Gasteiger partial charge in [-0.15, -0.1) is 0 Å². The molecule has 0 atom stereocenters. The highest BCUT2D eigenvalue weighted by atomic mass is 15.4. The van der Waals surface area contributed by atoms with Gasteiger partial charge in [-0.2, -0.15) is 0 Å². The molecule has 0 fully saturated rings. The number of pyridine rings is 1. The molecule has 1 aliphatic heterocycles. The summed E-state index contributed by atoms with van der Waals surface area (Å²) >= 11 is 0. The van der Waals surface area contributed by atoms with Gasteiger partial charge in [0.2, 0.25) is 0 Å². The Labute approximate surface area is 426 Å². The maximum absolute atomic E-state index is 5.18. The third-order valence-electron chi connectivity index (χ3n) is 15.3. The Balaban J connectivity index is 1.13. The molecule has 0 amide bonds. The first kappa shape index (κ1) is 49.6. The molecule has 6 aromatic carbocycles. The Kier molecular flexibility index (Phi) is 12.0. The predicted octanol–water partition coefficient (Wildman–Crippen LogP) is 18.0. The van der Waals surface area contributed by atoms with E-state index < -0.39 is 0 Å². The van der Waals surface area contributed by atoms with Crippen LogP contribution in [0.5, 0.6) is 0 Å². The van der Waals surface area contributed by atoms with E-state index in [9.17, 15) is 0 Å². The van der Waals surface area contributed by atoms with Crippen LogP contribution >= 0.6 is 0 Å². The molecule has 0 unspecified atom stereocenters. The van der Waals surface area contributed by atoms with Crippen molar-refractivity contribution in [3.63, 3.8) is 0 Å². The lowest BCUT2D eigenvalue weighted by molar-refractivity contribution is 0.557. The first-order valence-electron chi connectivity index (χ1n) is 25.9. The molecule has 0 saturated heterocycles. The average Bonchev–Trinajstić information content (AvgIpc) is 3.85. The number of aromatic nitrogens is 2. The lowest BCUT2D eigenvalue weighted by atomic mass is 9.72. The number of para-hydroxylation sites is 2. The van der Waals surface area contributed by atoms with Crippen molar-refractivity contribution < 1.29 is 0 Å². The van der Waals surface area contributed by atoms with Crippen molar-refractivity contribution in [3.05, 3.63) is 179 Å². The van der Waals surface area contributed by atoms with Crippen molar-refractivity contribution in [2.24, 2.45) is 0 Å². The standard InChI is InChI=1S/C66H79N5/c1-61(2,3)43-26-29-56-55(38-43)54-28-27-51(41-59(54)71(56)60-39-44(30-31-67-60)66(16,17)49-34-45(62(4,5)6)32-46(35-49)63(7,8)9)68(18)50-22-21-23-52(40-50)69-42-70(58-25-20-19-24-57(58)69)53-36-47(64(10,11)12)33-48(37-53)65(13,14)15/h19-41H,42H2,1-18H3. The first-order valence-corrected chi connectivity index (χ1v) is 25.9. The number of benzene rings is 6. The molecule has 0 saturated carbocycles. The highest BCUT2D eigenvalue weighted by Crippen LogP contribution is 2.47. The van der Waals surface area contributed by atoms with Crippen LogP contribution < -0.4 is 14.7 Å². The Morgan fingerprint density at radius 3 is 1.48 bits per heavy atom. The number of hydrogen-bond donors (Lipinski definition) is 0. The molecule has 0 bridgehead atoms. The van der Waals surface area contributed by atoms with Crippen LogP contribution in [0.2, 0.25) is 0 Å². The van der Waals surface area contributed by atoms with Gasteiger partial charge in [0.15, 0.2) is 0 Å². The van der Waals surface area contributed by atoms with Gasteiger partial charge in [0.25, 0.3) is 0 Å². The predicted molar refractivity (Wildman–Crippen MR) is 307 cm³/mol. The second-order valence-electron chi connectivity index (χ2n) is 26.2. The maximum atomic E-state index is 5.18. The quantitative estimate of drug-likeness (QED) is 0.159. The van der Waals surface area contributed by atoms with Crippen LogP contribution in [0.15, 0.2) is 140 Å². The van der Waals surface area contributed by atoms with Crippen LogP contribution in [0.25, 0.3) is 27.6 Å². The number of anilines is 6. The molecule has 71 heavy (non-hydrogen) atoms. The molecule has 2 aromatic heterocycles. The second kappa shape index (κ2) is 17.2. The number of nitrogens with zero attached hydrogens (tertiary/aromatic N) is 5. The summed E-state index contributed by atoms with van der Waals surface area (Å²) in [6.45, 7) is 40.2. The molecule has 0 spiro atoms. The molecule has 0 aliphatic carbocycles. The molecule has 5 nitrogen and oxygen atoms in total. The van der Waals surface area contributed by atoms with E-state index in [1.54, 1.807) is 0 Å². The van der Waals surface area contributed by atoms with Gasteiger partial charge in [0, 0.05) is 52.2 Å². The monoisotopic (exact) mass is 942 g/mol. The number of rotatable bonds is 7. The zero-order valence-corrected chi connectivity index (χ0v) is 46.2. The molecule has 5 heteroatoms. The topological polar surface area (TPSA) is 27.5 Å². The summed E-state index contributed by atoms with van der Waals surface area (Å²) in [7, 11) is 2.19. The average molecular weight is 942 g/mol. The fraction of sp³-hybridized carbons (Fsp3) is 0.379. The Bertz CT molecular complexity index is 3250. The number of fused-ring (bicyclic) bond motifs is 4. The lowest BCUT2D eigenvalue weighted by Crippen LogP contribution is -2.25. The van der Waals surface area contributed by atoms with Crippen molar-refractivity contribution in [1.29, 1.82) is 0 Å². The minimum atomic E-state index is -0.285. The molecule has 8 aromatic rings. The van der Waals surface area contributed by atoms with E-state index in [0.29, 0.717) is 0 Å². The third-order valence-corrected chi connectivity index (χ3v) is 15.3. The molecular weight excluding hydrogens is 863 g/mol. The fourth-order valence-corrected chi connectivity index (χ4v) is 10.2. The van der Waals surface area contributed by atoms with Gasteiger partial charge in [-0.05, 0) is 145 Å². The Morgan fingerprint density at radius 2 is 0.915 bits per heavy atom. The first-order chi connectivity index (χ1) is 33.0. The van der Waals surface area contributed by atoms with Crippen molar-refractivity contribution in [2.75, 3.05) is 28.4 Å². The molecule has 3 heterocycles. The van der Waals surface area contributed by atoms with Gasteiger partial charge >= 0.3 is 0 Å². The second-order valence-corrected chi connectivity index (χ2v) is 26.2. The van der Waals surface area contributed by atoms with E-state index in [1.165, 1.54) is 66.8 Å². The Hall–Kier alpha value is -6.33. The number of hydrogen-bond acceptors (Lipinski definition) is 4. The summed E-state index contributed by atoms with van der Waals surface area (Å²) in [4.78, 5) is 12.5. The van der Waals surface area contributed by atoms with Gasteiger partial charge in [-0.3, -0.25) is 4.57 Å². The van der Waals surface area contributed by atoms with Crippen LogP contribution in [0.1, 0.15) is 157 Å². The summed E-state index contributed by atoms with van der Waals surface area (Å²) in [6, 6.07) is 50.9. The minimum absolute atomic E-state index is 0.00218. The highest BCUT2D eigenvalue weighted by molar-refractivity contribution is 6.10. The normalized spacial score (nSPS) is 13.9. The van der Waals surface area contributed by atoms with Gasteiger partial charge in [0.05, 0.1) is 22.4 Å². The summed E-state index contributed by atoms with van der Waals surface area (Å²) in [5.41, 5.74) is 18.5. The summed E-state index contributed by atoms with van der Waals surface area (Å²) in [5.74, 6) is 0.920.